The van der Waals surface area contributed by atoms with E-state index in [0.717, 1.165) is 19.3 Å². The molecule has 0 spiro atoms. The van der Waals surface area contributed by atoms with Crippen LogP contribution in [0.5, 0.6) is 0 Å². The highest BCUT2D eigenvalue weighted by Gasteiger charge is 2.34. The number of aliphatic hydroxyl groups is 1. The number of hydrogen-bond donors (Lipinski definition) is 4. The fraction of sp³-hybridized carbons (Fsp3) is 0.500. The van der Waals surface area contributed by atoms with Gasteiger partial charge >= 0.3 is 0 Å². The molecule has 5 N–H and O–H groups in total. The Morgan fingerprint density at radius 2 is 2.11 bits per heavy atom. The van der Waals surface area contributed by atoms with E-state index in [1.807, 2.05) is 0 Å². The van der Waals surface area contributed by atoms with Crippen LogP contribution in [0.1, 0.15) is 19.3 Å². The van der Waals surface area contributed by atoms with Crippen LogP contribution in [0.3, 0.4) is 0 Å². The van der Waals surface area contributed by atoms with E-state index in [9.17, 15) is 13.5 Å². The average Bonchev–Trinajstić information content (AvgIpc) is 2.35. The minimum atomic E-state index is -3.49. The second kappa shape index (κ2) is 4.99. The fourth-order valence-corrected chi connectivity index (χ4v) is 2.75. The molecule has 0 saturated heterocycles. The molecule has 7 heteroatoms. The molecule has 1 saturated carbocycles. The summed E-state index contributed by atoms with van der Waals surface area (Å²) in [6.45, 7) is 0.375. The molecule has 0 heterocycles. The van der Waals surface area contributed by atoms with Crippen LogP contribution in [0, 0.1) is 0 Å². The molecule has 0 unspecified atom stereocenters. The minimum Gasteiger partial charge on any atom is -0.397 e. The molecule has 1 aliphatic rings. The summed E-state index contributed by atoms with van der Waals surface area (Å²) in [5, 5.41) is 13.0. The quantitative estimate of drug-likeness (QED) is 0.590. The maximum atomic E-state index is 11.7. The molecular formula is C12H19N3O3S. The number of benzene rings is 1. The summed E-state index contributed by atoms with van der Waals surface area (Å²) < 4.78 is 25.7. The molecule has 0 amide bonds. The van der Waals surface area contributed by atoms with Crippen LogP contribution < -0.4 is 15.8 Å². The molecule has 0 aromatic heterocycles. The van der Waals surface area contributed by atoms with Crippen molar-refractivity contribution in [3.05, 3.63) is 18.2 Å². The molecule has 19 heavy (non-hydrogen) atoms. The van der Waals surface area contributed by atoms with E-state index in [-0.39, 0.29) is 4.90 Å². The number of hydrogen-bond acceptors (Lipinski definition) is 5. The Morgan fingerprint density at radius 1 is 1.42 bits per heavy atom. The first-order valence-corrected chi connectivity index (χ1v) is 7.64. The van der Waals surface area contributed by atoms with Gasteiger partial charge in [0.05, 0.1) is 21.9 Å². The fourth-order valence-electron chi connectivity index (χ4n) is 1.99. The Hall–Kier alpha value is -1.31. The van der Waals surface area contributed by atoms with E-state index >= 15 is 0 Å². The molecule has 2 rings (SSSR count). The highest BCUT2D eigenvalue weighted by molar-refractivity contribution is 7.89. The van der Waals surface area contributed by atoms with Crippen LogP contribution in [0.15, 0.2) is 23.1 Å². The highest BCUT2D eigenvalue weighted by atomic mass is 32.2. The van der Waals surface area contributed by atoms with Gasteiger partial charge in [-0.3, -0.25) is 0 Å². The summed E-state index contributed by atoms with van der Waals surface area (Å²) in [6, 6.07) is 4.46. The van der Waals surface area contributed by atoms with Crippen molar-refractivity contribution in [2.75, 3.05) is 24.6 Å². The maximum absolute atomic E-state index is 11.7. The second-order valence-electron chi connectivity index (χ2n) is 4.89. The van der Waals surface area contributed by atoms with Gasteiger partial charge in [0.1, 0.15) is 0 Å². The van der Waals surface area contributed by atoms with Gasteiger partial charge < -0.3 is 16.2 Å². The summed E-state index contributed by atoms with van der Waals surface area (Å²) in [6.07, 6.45) is 2.53. The number of anilines is 2. The molecule has 0 radical (unpaired) electrons. The molecule has 0 bridgehead atoms. The minimum absolute atomic E-state index is 0.146. The van der Waals surface area contributed by atoms with Crippen molar-refractivity contribution in [2.24, 2.45) is 0 Å². The smallest absolute Gasteiger partial charge is 0.240 e. The predicted molar refractivity (Wildman–Crippen MR) is 74.4 cm³/mol. The first kappa shape index (κ1) is 14.1. The largest absolute Gasteiger partial charge is 0.397 e. The number of nitrogen functional groups attached to an aromatic ring is 1. The zero-order valence-electron chi connectivity index (χ0n) is 10.8. The van der Waals surface area contributed by atoms with E-state index < -0.39 is 15.6 Å². The topological polar surface area (TPSA) is 104 Å². The van der Waals surface area contributed by atoms with E-state index in [0.29, 0.717) is 17.9 Å². The second-order valence-corrected chi connectivity index (χ2v) is 6.77. The summed E-state index contributed by atoms with van der Waals surface area (Å²) in [7, 11) is -2.13. The van der Waals surface area contributed by atoms with Gasteiger partial charge in [-0.15, -0.1) is 0 Å². The summed E-state index contributed by atoms with van der Waals surface area (Å²) in [5.74, 6) is 0. The van der Waals surface area contributed by atoms with Gasteiger partial charge in [-0.05, 0) is 44.5 Å². The van der Waals surface area contributed by atoms with E-state index in [1.165, 1.54) is 25.2 Å². The van der Waals surface area contributed by atoms with Gasteiger partial charge in [-0.1, -0.05) is 0 Å². The monoisotopic (exact) mass is 285 g/mol. The molecule has 106 valence electrons. The summed E-state index contributed by atoms with van der Waals surface area (Å²) in [5.41, 5.74) is 6.09. The lowest BCUT2D eigenvalue weighted by Gasteiger charge is -2.37. The first-order chi connectivity index (χ1) is 8.86. The van der Waals surface area contributed by atoms with Crippen LogP contribution in [0.4, 0.5) is 11.4 Å². The van der Waals surface area contributed by atoms with Crippen LogP contribution in [0.25, 0.3) is 0 Å². The van der Waals surface area contributed by atoms with E-state index in [1.54, 1.807) is 0 Å². The standard InChI is InChI=1S/C12H19N3O3S/c1-14-19(17,18)9-3-4-10(13)11(7-9)15-8-12(16)5-2-6-12/h3-4,7,14-16H,2,5-6,8,13H2,1H3. The predicted octanol–water partition coefficient (Wildman–Crippen LogP) is 0.504. The molecule has 1 aromatic carbocycles. The zero-order chi connectivity index (χ0) is 14.1. The van der Waals surface area contributed by atoms with Crippen molar-refractivity contribution >= 4 is 21.4 Å². The molecule has 1 aromatic rings. The van der Waals surface area contributed by atoms with Crippen LogP contribution in [-0.2, 0) is 10.0 Å². The molecule has 1 fully saturated rings. The molecule has 0 aliphatic heterocycles. The number of nitrogens with one attached hydrogen (secondary N) is 2. The SMILES string of the molecule is CNS(=O)(=O)c1ccc(N)c(NCC2(O)CCC2)c1. The molecule has 6 nitrogen and oxygen atoms in total. The van der Waals surface area contributed by atoms with Gasteiger partial charge in [0.2, 0.25) is 10.0 Å². The van der Waals surface area contributed by atoms with Gasteiger partial charge in [-0.25, -0.2) is 13.1 Å². The Balaban J connectivity index is 2.18. The molecular weight excluding hydrogens is 266 g/mol. The summed E-state index contributed by atoms with van der Waals surface area (Å²) >= 11 is 0. The Labute approximate surface area is 113 Å². The van der Waals surface area contributed by atoms with Gasteiger partial charge in [0, 0.05) is 6.54 Å². The third-order valence-electron chi connectivity index (χ3n) is 3.50. The van der Waals surface area contributed by atoms with Crippen LogP contribution in [-0.4, -0.2) is 32.7 Å². The summed E-state index contributed by atoms with van der Waals surface area (Å²) in [4.78, 5) is 0.146. The molecule has 1 aliphatic carbocycles. The van der Waals surface area contributed by atoms with Gasteiger partial charge in [-0.2, -0.15) is 0 Å². The Morgan fingerprint density at radius 3 is 2.63 bits per heavy atom. The van der Waals surface area contributed by atoms with Crippen molar-refractivity contribution in [2.45, 2.75) is 29.8 Å². The van der Waals surface area contributed by atoms with E-state index in [2.05, 4.69) is 10.0 Å². The van der Waals surface area contributed by atoms with Crippen molar-refractivity contribution in [3.8, 4) is 0 Å². The zero-order valence-corrected chi connectivity index (χ0v) is 11.6. The highest BCUT2D eigenvalue weighted by Crippen LogP contribution is 2.32. The Kier molecular flexibility index (Phi) is 3.71. The number of sulfonamides is 1. The van der Waals surface area contributed by atoms with Crippen molar-refractivity contribution < 1.29 is 13.5 Å². The lowest BCUT2D eigenvalue weighted by molar-refractivity contribution is -0.0201. The van der Waals surface area contributed by atoms with Gasteiger partial charge in [0.15, 0.2) is 0 Å². The third kappa shape index (κ3) is 2.99. The first-order valence-electron chi connectivity index (χ1n) is 6.16. The van der Waals surface area contributed by atoms with Crippen molar-refractivity contribution in [1.82, 2.24) is 4.72 Å². The molecule has 0 atom stereocenters. The van der Waals surface area contributed by atoms with Crippen molar-refractivity contribution in [3.63, 3.8) is 0 Å². The van der Waals surface area contributed by atoms with Gasteiger partial charge in [0.25, 0.3) is 0 Å². The van der Waals surface area contributed by atoms with Crippen LogP contribution in [0.2, 0.25) is 0 Å². The third-order valence-corrected chi connectivity index (χ3v) is 4.91. The van der Waals surface area contributed by atoms with E-state index in [4.69, 9.17) is 5.73 Å². The maximum Gasteiger partial charge on any atom is 0.240 e. The Bertz CT molecular complexity index is 568. The lowest BCUT2D eigenvalue weighted by atomic mass is 9.80. The normalized spacial score (nSPS) is 17.8. The lowest BCUT2D eigenvalue weighted by Crippen LogP contribution is -2.43. The van der Waals surface area contributed by atoms with Crippen molar-refractivity contribution in [1.29, 1.82) is 0 Å². The number of nitrogens with two attached hydrogens (primary N) is 1. The van der Waals surface area contributed by atoms with Crippen LogP contribution >= 0.6 is 0 Å². The average molecular weight is 285 g/mol. The number of rotatable bonds is 5.